The number of rotatable bonds is 14. The van der Waals surface area contributed by atoms with Gasteiger partial charge in [0.2, 0.25) is 5.91 Å². The van der Waals surface area contributed by atoms with Gasteiger partial charge in [0.05, 0.1) is 43.0 Å². The highest BCUT2D eigenvalue weighted by Crippen LogP contribution is 2.20. The lowest BCUT2D eigenvalue weighted by atomic mass is 9.73. The molecule has 11 nitrogen and oxygen atoms in total. The van der Waals surface area contributed by atoms with Crippen LogP contribution >= 0.6 is 23.2 Å². The summed E-state index contributed by atoms with van der Waals surface area (Å²) in [7, 11) is -0.276. The molecule has 0 fully saturated rings. The van der Waals surface area contributed by atoms with Crippen molar-refractivity contribution >= 4 is 60.0 Å². The molecule has 3 N–H and O–H groups in total. The Bertz CT molecular complexity index is 930. The molecular formula is C21H27BCl2N2O9. The monoisotopic (exact) mass is 532 g/mol. The van der Waals surface area contributed by atoms with Crippen molar-refractivity contribution in [2.45, 2.75) is 39.1 Å². The quantitative estimate of drug-likeness (QED) is 0.240. The largest absolute Gasteiger partial charge is 0.551 e. The summed E-state index contributed by atoms with van der Waals surface area (Å²) in [5.74, 6) is -5.06. The zero-order valence-corrected chi connectivity index (χ0v) is 21.0. The number of carboxylic acid groups (broad SMARTS) is 1. The van der Waals surface area contributed by atoms with Gasteiger partial charge in [0.15, 0.2) is 0 Å². The number of ether oxygens (including phenoxy) is 1. The summed E-state index contributed by atoms with van der Waals surface area (Å²) in [6.07, 6.45) is -0.647. The fourth-order valence-electron chi connectivity index (χ4n) is 2.77. The molecule has 0 aliphatic heterocycles. The molecule has 0 heterocycles. The summed E-state index contributed by atoms with van der Waals surface area (Å²) in [5, 5.41) is 14.2. The number of carbonyl (C=O) groups excluding carboxylic acids is 4. The van der Waals surface area contributed by atoms with E-state index in [4.69, 9.17) is 37.6 Å². The third-order valence-electron chi connectivity index (χ3n) is 4.37. The molecule has 1 rings (SSSR count). The predicted octanol–water partition coefficient (Wildman–Crippen LogP) is 1.88. The number of carbonyl (C=O) groups is 5. The van der Waals surface area contributed by atoms with Crippen LogP contribution in [-0.2, 0) is 33.2 Å². The Hall–Kier alpha value is -2.83. The van der Waals surface area contributed by atoms with Crippen molar-refractivity contribution in [1.82, 2.24) is 10.6 Å². The molecule has 0 aliphatic carbocycles. The van der Waals surface area contributed by atoms with Crippen LogP contribution in [-0.4, -0.2) is 68.1 Å². The zero-order valence-electron chi connectivity index (χ0n) is 19.5. The Morgan fingerprint density at radius 3 is 2.37 bits per heavy atom. The number of halogens is 2. The molecule has 0 saturated heterocycles. The van der Waals surface area contributed by atoms with Gasteiger partial charge in [-0.1, -0.05) is 37.0 Å². The van der Waals surface area contributed by atoms with Crippen molar-refractivity contribution in [3.63, 3.8) is 0 Å². The van der Waals surface area contributed by atoms with E-state index in [0.29, 0.717) is 0 Å². The van der Waals surface area contributed by atoms with Crippen LogP contribution in [0.15, 0.2) is 18.2 Å². The van der Waals surface area contributed by atoms with Crippen LogP contribution in [0.5, 0.6) is 0 Å². The molecule has 1 aromatic carbocycles. The van der Waals surface area contributed by atoms with Gasteiger partial charge in [-0.2, -0.15) is 0 Å². The van der Waals surface area contributed by atoms with Crippen LogP contribution in [0.1, 0.15) is 43.5 Å². The molecule has 0 aromatic heterocycles. The van der Waals surface area contributed by atoms with Gasteiger partial charge in [0.1, 0.15) is 6.61 Å². The number of benzene rings is 1. The van der Waals surface area contributed by atoms with Crippen molar-refractivity contribution < 1.29 is 43.1 Å². The number of hydrogen-bond donors (Lipinski definition) is 3. The maximum atomic E-state index is 12.6. The normalized spacial score (nSPS) is 11.4. The van der Waals surface area contributed by atoms with Crippen molar-refractivity contribution in [2.24, 2.45) is 5.92 Å². The van der Waals surface area contributed by atoms with E-state index >= 15 is 0 Å². The lowest BCUT2D eigenvalue weighted by Crippen LogP contribution is -2.53. The van der Waals surface area contributed by atoms with Gasteiger partial charge >= 0.3 is 19.1 Å². The number of esters is 1. The van der Waals surface area contributed by atoms with Crippen LogP contribution in [0, 0.1) is 5.92 Å². The Kier molecular flexibility index (Phi) is 13.1. The number of hydrogen-bond acceptors (Lipinski definition) is 8. The van der Waals surface area contributed by atoms with E-state index < -0.39 is 68.8 Å². The minimum atomic E-state index is -1.42. The molecule has 0 spiro atoms. The van der Waals surface area contributed by atoms with E-state index in [-0.39, 0.29) is 27.9 Å². The maximum Gasteiger partial charge on any atom is 0.551 e. The molecule has 0 saturated carbocycles. The van der Waals surface area contributed by atoms with E-state index in [1.807, 2.05) is 13.8 Å². The topological polar surface area (TPSA) is 157 Å². The number of amides is 2. The first kappa shape index (κ1) is 30.2. The molecule has 14 heteroatoms. The number of nitrogens with one attached hydrogen (secondary N) is 2. The Labute approximate surface area is 212 Å². The van der Waals surface area contributed by atoms with Crippen LogP contribution in [0.4, 0.5) is 0 Å². The average Bonchev–Trinajstić information content (AvgIpc) is 2.79. The highest BCUT2D eigenvalue weighted by molar-refractivity contribution is 6.49. The Balaban J connectivity index is 2.91. The summed E-state index contributed by atoms with van der Waals surface area (Å²) < 4.78 is 15.1. The first-order valence-corrected chi connectivity index (χ1v) is 11.3. The molecule has 35 heavy (non-hydrogen) atoms. The Morgan fingerprint density at radius 2 is 1.77 bits per heavy atom. The van der Waals surface area contributed by atoms with Crippen LogP contribution in [0.2, 0.25) is 10.0 Å². The summed E-state index contributed by atoms with van der Waals surface area (Å²) >= 11 is 11.9. The van der Waals surface area contributed by atoms with Crippen LogP contribution < -0.4 is 10.6 Å². The van der Waals surface area contributed by atoms with Gasteiger partial charge in [0.25, 0.3) is 11.9 Å². The molecule has 0 radical (unpaired) electrons. The molecule has 1 aromatic rings. The third kappa shape index (κ3) is 11.9. The standard InChI is InChI=1S/C21H27BCl2N2O9/c1-12(2)8-16(22(34-11-20(31)33-3)35-19(30)7-6-18(28)29)26-17(27)10-25-21(32)14-9-13(23)4-5-15(14)24/h4-5,9,12,16H,6-8,10-11H2,1-3H3,(H,25,32)(H,26,27)(H,28,29)/t16-/m0/s1. The number of methoxy groups -OCH3 is 1. The molecule has 0 unspecified atom stereocenters. The van der Waals surface area contributed by atoms with Crippen molar-refractivity contribution in [3.05, 3.63) is 33.8 Å². The number of aliphatic carboxylic acids is 1. The van der Waals surface area contributed by atoms with Crippen molar-refractivity contribution in [2.75, 3.05) is 20.3 Å². The average molecular weight is 533 g/mol. The summed E-state index contributed by atoms with van der Waals surface area (Å²) in [5.41, 5.74) is 0.0809. The SMILES string of the molecule is COC(=O)COB(OC(=O)CCC(=O)O)[C@H](CC(C)C)NC(=O)CNC(=O)c1cc(Cl)ccc1Cl. The summed E-state index contributed by atoms with van der Waals surface area (Å²) in [4.78, 5) is 59.3. The van der Waals surface area contributed by atoms with Crippen LogP contribution in [0.25, 0.3) is 0 Å². The van der Waals surface area contributed by atoms with E-state index in [0.717, 1.165) is 7.11 Å². The lowest BCUT2D eigenvalue weighted by Gasteiger charge is -2.25. The van der Waals surface area contributed by atoms with Gasteiger partial charge in [-0.05, 0) is 30.5 Å². The van der Waals surface area contributed by atoms with Gasteiger partial charge in [-0.25, -0.2) is 4.79 Å². The summed E-state index contributed by atoms with van der Waals surface area (Å²) in [6.45, 7) is 2.65. The van der Waals surface area contributed by atoms with E-state index in [2.05, 4.69) is 15.4 Å². The second-order valence-electron chi connectivity index (χ2n) is 7.75. The van der Waals surface area contributed by atoms with Crippen molar-refractivity contribution in [3.8, 4) is 0 Å². The highest BCUT2D eigenvalue weighted by atomic mass is 35.5. The predicted molar refractivity (Wildman–Crippen MR) is 127 cm³/mol. The molecule has 192 valence electrons. The Morgan fingerprint density at radius 1 is 1.09 bits per heavy atom. The molecular weight excluding hydrogens is 506 g/mol. The molecule has 0 aliphatic rings. The zero-order chi connectivity index (χ0) is 26.5. The highest BCUT2D eigenvalue weighted by Gasteiger charge is 2.36. The van der Waals surface area contributed by atoms with Gasteiger partial charge < -0.3 is 29.8 Å². The first-order chi connectivity index (χ1) is 16.4. The smallest absolute Gasteiger partial charge is 0.508 e. The molecule has 2 amide bonds. The maximum absolute atomic E-state index is 12.6. The minimum absolute atomic E-state index is 0.0119. The fraction of sp³-hybridized carbons (Fsp3) is 0.476. The van der Waals surface area contributed by atoms with Gasteiger partial charge in [0, 0.05) is 5.02 Å². The van der Waals surface area contributed by atoms with Gasteiger partial charge in [-0.15, -0.1) is 0 Å². The van der Waals surface area contributed by atoms with E-state index in [9.17, 15) is 24.0 Å². The minimum Gasteiger partial charge on any atom is -0.508 e. The third-order valence-corrected chi connectivity index (χ3v) is 4.93. The van der Waals surface area contributed by atoms with Gasteiger partial charge in [-0.3, -0.25) is 19.2 Å². The summed E-state index contributed by atoms with van der Waals surface area (Å²) in [6, 6.07) is 4.31. The van der Waals surface area contributed by atoms with Crippen LogP contribution in [0.3, 0.4) is 0 Å². The second-order valence-corrected chi connectivity index (χ2v) is 8.59. The second kappa shape index (κ2) is 15.2. The van der Waals surface area contributed by atoms with E-state index in [1.54, 1.807) is 0 Å². The molecule has 0 bridgehead atoms. The number of carboxylic acids is 1. The first-order valence-electron chi connectivity index (χ1n) is 10.5. The van der Waals surface area contributed by atoms with E-state index in [1.165, 1.54) is 18.2 Å². The molecule has 1 atom stereocenters. The fourth-order valence-corrected chi connectivity index (χ4v) is 3.15. The van der Waals surface area contributed by atoms with Crippen molar-refractivity contribution in [1.29, 1.82) is 0 Å². The lowest BCUT2D eigenvalue weighted by molar-refractivity contribution is -0.145.